The lowest BCUT2D eigenvalue weighted by molar-refractivity contribution is -0.117. The summed E-state index contributed by atoms with van der Waals surface area (Å²) in [4.78, 5) is 13.0. The van der Waals surface area contributed by atoms with Gasteiger partial charge in [-0.15, -0.1) is 3.89 Å². The van der Waals surface area contributed by atoms with E-state index in [1.54, 1.807) is 6.07 Å². The average molecular weight is 303 g/mol. The summed E-state index contributed by atoms with van der Waals surface area (Å²) in [7, 11) is -4.77. The monoisotopic (exact) mass is 303 g/mol. The highest BCUT2D eigenvalue weighted by atomic mass is 32.3. The molecular weight excluding hydrogens is 289 g/mol. The van der Waals surface area contributed by atoms with E-state index in [2.05, 4.69) is 0 Å². The number of carbonyl (C=O) groups is 1. The third-order valence-corrected chi connectivity index (χ3v) is 4.31. The summed E-state index contributed by atoms with van der Waals surface area (Å²) in [6.45, 7) is -0.834. The Bertz CT molecular complexity index is 608. The van der Waals surface area contributed by atoms with Gasteiger partial charge in [0.15, 0.2) is 0 Å². The van der Waals surface area contributed by atoms with Crippen LogP contribution in [0.5, 0.6) is 0 Å². The zero-order valence-electron chi connectivity index (χ0n) is 10.5. The molecule has 110 valence electrons. The highest BCUT2D eigenvalue weighted by Gasteiger charge is 2.39. The molecule has 1 aliphatic rings. The quantitative estimate of drug-likeness (QED) is 0.768. The standard InChI is InChI=1S/C12H14FNO5S/c13-20(18,19)11-4-12(17)14(5-11)10-2-8(6-15)1-9(3-10)7-16/h1-3,11,15-16H,4-7H2. The SMILES string of the molecule is O=C1CC(S(=O)(=O)F)CN1c1cc(CO)cc(CO)c1. The summed E-state index contributed by atoms with van der Waals surface area (Å²) in [6.07, 6.45) is -0.406. The molecule has 0 saturated carbocycles. The third kappa shape index (κ3) is 2.97. The maximum Gasteiger partial charge on any atom is 0.307 e. The van der Waals surface area contributed by atoms with Gasteiger partial charge in [0.05, 0.1) is 13.2 Å². The molecule has 0 aromatic heterocycles. The molecule has 1 amide bonds. The van der Waals surface area contributed by atoms with E-state index in [1.165, 1.54) is 12.1 Å². The van der Waals surface area contributed by atoms with E-state index in [0.29, 0.717) is 16.8 Å². The van der Waals surface area contributed by atoms with Crippen molar-refractivity contribution in [2.75, 3.05) is 11.4 Å². The topological polar surface area (TPSA) is 94.9 Å². The van der Waals surface area contributed by atoms with Gasteiger partial charge < -0.3 is 15.1 Å². The predicted octanol–water partition coefficient (Wildman–Crippen LogP) is 0.0758. The van der Waals surface area contributed by atoms with Crippen LogP contribution in [0.1, 0.15) is 17.5 Å². The summed E-state index contributed by atoms with van der Waals surface area (Å²) in [5, 5.41) is 16.9. The average Bonchev–Trinajstić information content (AvgIpc) is 2.80. The Morgan fingerprint density at radius 3 is 2.15 bits per heavy atom. The van der Waals surface area contributed by atoms with Crippen molar-refractivity contribution in [3.63, 3.8) is 0 Å². The number of hydrogen-bond acceptors (Lipinski definition) is 5. The minimum atomic E-state index is -4.77. The highest BCUT2D eigenvalue weighted by molar-refractivity contribution is 7.87. The molecule has 1 aromatic carbocycles. The zero-order valence-corrected chi connectivity index (χ0v) is 11.3. The van der Waals surface area contributed by atoms with Crippen LogP contribution >= 0.6 is 0 Å². The first-order chi connectivity index (χ1) is 9.35. The molecule has 20 heavy (non-hydrogen) atoms. The van der Waals surface area contributed by atoms with Crippen LogP contribution in [0.2, 0.25) is 0 Å². The van der Waals surface area contributed by atoms with Crippen LogP contribution in [0.3, 0.4) is 0 Å². The lowest BCUT2D eigenvalue weighted by Crippen LogP contribution is -2.27. The second-order valence-corrected chi connectivity index (χ2v) is 6.25. The van der Waals surface area contributed by atoms with Crippen LogP contribution in [-0.4, -0.2) is 36.3 Å². The van der Waals surface area contributed by atoms with Gasteiger partial charge in [0.1, 0.15) is 5.25 Å². The van der Waals surface area contributed by atoms with Gasteiger partial charge in [-0.2, -0.15) is 8.42 Å². The van der Waals surface area contributed by atoms with E-state index in [9.17, 15) is 17.1 Å². The number of carbonyl (C=O) groups excluding carboxylic acids is 1. The molecule has 1 saturated heterocycles. The Morgan fingerprint density at radius 1 is 1.20 bits per heavy atom. The molecule has 0 aliphatic carbocycles. The van der Waals surface area contributed by atoms with Crippen molar-refractivity contribution in [2.24, 2.45) is 0 Å². The Hall–Kier alpha value is -1.51. The van der Waals surface area contributed by atoms with Crippen molar-refractivity contribution in [2.45, 2.75) is 24.9 Å². The smallest absolute Gasteiger partial charge is 0.307 e. The fourth-order valence-corrected chi connectivity index (χ4v) is 2.86. The summed E-state index contributed by atoms with van der Waals surface area (Å²) in [5.41, 5.74) is 1.30. The molecule has 1 atom stereocenters. The first kappa shape index (κ1) is 14.9. The molecule has 0 spiro atoms. The first-order valence-corrected chi connectivity index (χ1v) is 7.38. The molecule has 2 N–H and O–H groups in total. The van der Waals surface area contributed by atoms with Gasteiger partial charge in [-0.05, 0) is 23.3 Å². The molecule has 1 unspecified atom stereocenters. The van der Waals surface area contributed by atoms with Crippen LogP contribution in [0.25, 0.3) is 0 Å². The van der Waals surface area contributed by atoms with Crippen molar-refractivity contribution in [1.82, 2.24) is 0 Å². The lowest BCUT2D eigenvalue weighted by Gasteiger charge is -2.18. The van der Waals surface area contributed by atoms with E-state index in [1.807, 2.05) is 0 Å². The number of nitrogens with zero attached hydrogens (tertiary/aromatic N) is 1. The number of rotatable bonds is 4. The normalized spacial score (nSPS) is 19.6. The zero-order chi connectivity index (χ0) is 14.9. The lowest BCUT2D eigenvalue weighted by atomic mass is 10.1. The largest absolute Gasteiger partial charge is 0.392 e. The van der Waals surface area contributed by atoms with Crippen LogP contribution in [-0.2, 0) is 28.2 Å². The maximum absolute atomic E-state index is 13.0. The van der Waals surface area contributed by atoms with Crippen LogP contribution in [0, 0.1) is 0 Å². The summed E-state index contributed by atoms with van der Waals surface area (Å²) >= 11 is 0. The van der Waals surface area contributed by atoms with E-state index >= 15 is 0 Å². The van der Waals surface area contributed by atoms with Gasteiger partial charge in [0.25, 0.3) is 0 Å². The number of halogens is 1. The molecule has 6 nitrogen and oxygen atoms in total. The van der Waals surface area contributed by atoms with E-state index < -0.39 is 27.8 Å². The van der Waals surface area contributed by atoms with Crippen LogP contribution in [0.15, 0.2) is 18.2 Å². The summed E-state index contributed by atoms with van der Waals surface area (Å²) in [6, 6.07) is 4.57. The second-order valence-electron chi connectivity index (χ2n) is 4.63. The minimum Gasteiger partial charge on any atom is -0.392 e. The van der Waals surface area contributed by atoms with E-state index in [0.717, 1.165) is 4.90 Å². The third-order valence-electron chi connectivity index (χ3n) is 3.20. The second kappa shape index (κ2) is 5.47. The Labute approximate surface area is 115 Å². The summed E-state index contributed by atoms with van der Waals surface area (Å²) in [5.74, 6) is -0.504. The molecular formula is C12H14FNO5S. The Balaban J connectivity index is 2.34. The molecule has 2 rings (SSSR count). The molecule has 1 aliphatic heterocycles. The number of hydrogen-bond donors (Lipinski definition) is 2. The first-order valence-electron chi connectivity index (χ1n) is 5.93. The van der Waals surface area contributed by atoms with Gasteiger partial charge in [0.2, 0.25) is 5.91 Å². The number of anilines is 1. The maximum atomic E-state index is 13.0. The van der Waals surface area contributed by atoms with Gasteiger partial charge in [-0.3, -0.25) is 4.79 Å². The van der Waals surface area contributed by atoms with Crippen molar-refractivity contribution in [3.05, 3.63) is 29.3 Å². The highest BCUT2D eigenvalue weighted by Crippen LogP contribution is 2.27. The molecule has 1 heterocycles. The fraction of sp³-hybridized carbons (Fsp3) is 0.417. The van der Waals surface area contributed by atoms with Crippen LogP contribution < -0.4 is 4.90 Å². The predicted molar refractivity (Wildman–Crippen MR) is 69.1 cm³/mol. The number of benzene rings is 1. The molecule has 0 radical (unpaired) electrons. The fourth-order valence-electron chi connectivity index (χ4n) is 2.19. The van der Waals surface area contributed by atoms with Crippen molar-refractivity contribution >= 4 is 21.8 Å². The molecule has 1 aromatic rings. The Morgan fingerprint density at radius 2 is 1.75 bits per heavy atom. The van der Waals surface area contributed by atoms with Crippen LogP contribution in [0.4, 0.5) is 9.57 Å². The van der Waals surface area contributed by atoms with Crippen molar-refractivity contribution < 1.29 is 27.3 Å². The minimum absolute atomic E-state index is 0.266. The summed E-state index contributed by atoms with van der Waals surface area (Å²) < 4.78 is 34.7. The van der Waals surface area contributed by atoms with Gasteiger partial charge in [0, 0.05) is 18.7 Å². The number of aliphatic hydroxyl groups excluding tert-OH is 2. The van der Waals surface area contributed by atoms with E-state index in [-0.39, 0.29) is 19.8 Å². The number of aliphatic hydroxyl groups is 2. The molecule has 8 heteroatoms. The van der Waals surface area contributed by atoms with Crippen molar-refractivity contribution in [1.29, 1.82) is 0 Å². The Kier molecular flexibility index (Phi) is 4.07. The van der Waals surface area contributed by atoms with Gasteiger partial charge in [-0.25, -0.2) is 0 Å². The van der Waals surface area contributed by atoms with Gasteiger partial charge >= 0.3 is 10.2 Å². The van der Waals surface area contributed by atoms with E-state index in [4.69, 9.17) is 10.2 Å². The molecule has 0 bridgehead atoms. The van der Waals surface area contributed by atoms with Crippen molar-refractivity contribution in [3.8, 4) is 0 Å². The van der Waals surface area contributed by atoms with Gasteiger partial charge in [-0.1, -0.05) is 6.07 Å². The molecule has 1 fully saturated rings. The number of amides is 1.